The Hall–Kier alpha value is -1.92. The summed E-state index contributed by atoms with van der Waals surface area (Å²) >= 11 is 0. The Morgan fingerprint density at radius 1 is 1.32 bits per heavy atom. The molecule has 1 saturated heterocycles. The average Bonchev–Trinajstić information content (AvgIpc) is 3.02. The lowest BCUT2D eigenvalue weighted by Gasteiger charge is -2.33. The first kappa shape index (κ1) is 15.0. The van der Waals surface area contributed by atoms with Gasteiger partial charge in [-0.25, -0.2) is 9.97 Å². The van der Waals surface area contributed by atoms with Crippen molar-refractivity contribution < 1.29 is 9.15 Å². The number of methoxy groups -OCH3 is 1. The topological polar surface area (TPSA) is 63.4 Å². The maximum Gasteiger partial charge on any atom is 0.225 e. The summed E-state index contributed by atoms with van der Waals surface area (Å²) in [5.41, 5.74) is 0. The van der Waals surface area contributed by atoms with Gasteiger partial charge in [-0.1, -0.05) is 0 Å². The first-order valence-electron chi connectivity index (χ1n) is 7.67. The lowest BCUT2D eigenvalue weighted by Crippen LogP contribution is -2.46. The number of piperidine rings is 1. The van der Waals surface area contributed by atoms with E-state index >= 15 is 0 Å². The van der Waals surface area contributed by atoms with Crippen LogP contribution in [0.2, 0.25) is 0 Å². The number of nitrogens with one attached hydrogen (secondary N) is 1. The lowest BCUT2D eigenvalue weighted by molar-refractivity contribution is 0.162. The molecular formula is C16H22N4O2. The van der Waals surface area contributed by atoms with Gasteiger partial charge in [-0.15, -0.1) is 0 Å². The zero-order valence-corrected chi connectivity index (χ0v) is 12.9. The maximum atomic E-state index is 5.70. The molecule has 0 aliphatic carbocycles. The molecule has 3 heterocycles. The quantitative estimate of drug-likeness (QED) is 0.880. The Morgan fingerprint density at radius 3 is 2.95 bits per heavy atom. The van der Waals surface area contributed by atoms with Gasteiger partial charge in [0.15, 0.2) is 0 Å². The van der Waals surface area contributed by atoms with Crippen LogP contribution in [0.4, 0.5) is 5.95 Å². The summed E-state index contributed by atoms with van der Waals surface area (Å²) in [7, 11) is 1.67. The van der Waals surface area contributed by atoms with E-state index in [1.165, 1.54) is 0 Å². The fourth-order valence-electron chi connectivity index (χ4n) is 2.76. The third-order valence-corrected chi connectivity index (χ3v) is 3.83. The monoisotopic (exact) mass is 302 g/mol. The number of hydrogen-bond acceptors (Lipinski definition) is 6. The van der Waals surface area contributed by atoms with E-state index in [1.807, 2.05) is 18.2 Å². The van der Waals surface area contributed by atoms with Gasteiger partial charge in [-0.3, -0.25) is 0 Å². The summed E-state index contributed by atoms with van der Waals surface area (Å²) in [5, 5.41) is 3.56. The number of anilines is 1. The Labute approximate surface area is 130 Å². The van der Waals surface area contributed by atoms with E-state index in [4.69, 9.17) is 9.15 Å². The van der Waals surface area contributed by atoms with E-state index in [2.05, 4.69) is 20.2 Å². The van der Waals surface area contributed by atoms with Crippen LogP contribution in [0, 0.1) is 0 Å². The molecule has 1 aliphatic rings. The Balaban J connectivity index is 1.52. The molecule has 118 valence electrons. The largest absolute Gasteiger partial charge is 0.462 e. The third kappa shape index (κ3) is 3.84. The molecule has 0 unspecified atom stereocenters. The van der Waals surface area contributed by atoms with Gasteiger partial charge in [0, 0.05) is 38.6 Å². The van der Waals surface area contributed by atoms with Crippen LogP contribution < -0.4 is 10.2 Å². The van der Waals surface area contributed by atoms with E-state index in [9.17, 15) is 0 Å². The highest BCUT2D eigenvalue weighted by molar-refractivity contribution is 5.29. The van der Waals surface area contributed by atoms with Crippen molar-refractivity contribution >= 4 is 5.95 Å². The summed E-state index contributed by atoms with van der Waals surface area (Å²) in [4.78, 5) is 10.9. The molecule has 0 aromatic carbocycles. The maximum absolute atomic E-state index is 5.70. The van der Waals surface area contributed by atoms with Crippen molar-refractivity contribution in [1.29, 1.82) is 0 Å². The van der Waals surface area contributed by atoms with Gasteiger partial charge >= 0.3 is 0 Å². The minimum atomic E-state index is 0.425. The molecule has 0 spiro atoms. The Kier molecular flexibility index (Phi) is 5.03. The number of rotatable bonds is 6. The highest BCUT2D eigenvalue weighted by Crippen LogP contribution is 2.16. The van der Waals surface area contributed by atoms with E-state index < -0.39 is 0 Å². The standard InChI is InChI=1S/C16H22N4O2/c1-21-12-15-6-5-14(22-15)10-19-13-4-2-9-20(11-13)16-17-7-3-8-18-16/h3,5-8,13,19H,2,4,9-12H2,1H3/t13-/m0/s1. The highest BCUT2D eigenvalue weighted by atomic mass is 16.5. The molecule has 2 aromatic heterocycles. The molecule has 0 saturated carbocycles. The van der Waals surface area contributed by atoms with Crippen LogP contribution in [0.15, 0.2) is 35.0 Å². The number of furan rings is 1. The zero-order valence-electron chi connectivity index (χ0n) is 12.9. The molecule has 6 heteroatoms. The summed E-state index contributed by atoms with van der Waals surface area (Å²) in [6.45, 7) is 3.19. The molecule has 2 aromatic rings. The fraction of sp³-hybridized carbons (Fsp3) is 0.500. The highest BCUT2D eigenvalue weighted by Gasteiger charge is 2.21. The molecule has 0 radical (unpaired) electrons. The van der Waals surface area contributed by atoms with Gasteiger partial charge < -0.3 is 19.4 Å². The van der Waals surface area contributed by atoms with Gasteiger partial charge in [0.1, 0.15) is 18.1 Å². The molecular weight excluding hydrogens is 280 g/mol. The zero-order chi connectivity index (χ0) is 15.2. The Morgan fingerprint density at radius 2 is 2.14 bits per heavy atom. The van der Waals surface area contributed by atoms with Crippen LogP contribution in [0.25, 0.3) is 0 Å². The first-order chi connectivity index (χ1) is 10.8. The van der Waals surface area contributed by atoms with Gasteiger partial charge in [0.2, 0.25) is 5.95 Å². The second-order valence-electron chi connectivity index (χ2n) is 5.52. The van der Waals surface area contributed by atoms with Crippen molar-refractivity contribution in [2.75, 3.05) is 25.1 Å². The second-order valence-corrected chi connectivity index (χ2v) is 5.52. The molecule has 3 rings (SSSR count). The van der Waals surface area contributed by atoms with Crippen molar-refractivity contribution in [3.8, 4) is 0 Å². The van der Waals surface area contributed by atoms with Gasteiger partial charge in [-0.05, 0) is 31.0 Å². The summed E-state index contributed by atoms with van der Waals surface area (Å²) in [5.74, 6) is 2.62. The van der Waals surface area contributed by atoms with Crippen LogP contribution >= 0.6 is 0 Å². The minimum Gasteiger partial charge on any atom is -0.462 e. The van der Waals surface area contributed by atoms with E-state index in [-0.39, 0.29) is 0 Å². The lowest BCUT2D eigenvalue weighted by atomic mass is 10.1. The summed E-state index contributed by atoms with van der Waals surface area (Å²) < 4.78 is 10.8. The molecule has 6 nitrogen and oxygen atoms in total. The van der Waals surface area contributed by atoms with E-state index in [0.29, 0.717) is 12.6 Å². The number of ether oxygens (including phenoxy) is 1. The molecule has 0 amide bonds. The van der Waals surface area contributed by atoms with Gasteiger partial charge in [-0.2, -0.15) is 0 Å². The molecule has 22 heavy (non-hydrogen) atoms. The molecule has 1 aliphatic heterocycles. The molecule has 1 atom stereocenters. The van der Waals surface area contributed by atoms with Crippen LogP contribution in [0.3, 0.4) is 0 Å². The molecule has 1 N–H and O–H groups in total. The van der Waals surface area contributed by atoms with E-state index in [1.54, 1.807) is 19.5 Å². The number of aromatic nitrogens is 2. The number of nitrogens with zero attached hydrogens (tertiary/aromatic N) is 3. The molecule has 0 bridgehead atoms. The fourth-order valence-corrected chi connectivity index (χ4v) is 2.76. The smallest absolute Gasteiger partial charge is 0.225 e. The van der Waals surface area contributed by atoms with Crippen LogP contribution in [-0.4, -0.2) is 36.2 Å². The van der Waals surface area contributed by atoms with Crippen molar-refractivity contribution in [1.82, 2.24) is 15.3 Å². The number of hydrogen-bond donors (Lipinski definition) is 1. The predicted molar refractivity (Wildman–Crippen MR) is 83.5 cm³/mol. The van der Waals surface area contributed by atoms with Crippen LogP contribution in [0.1, 0.15) is 24.4 Å². The van der Waals surface area contributed by atoms with Crippen molar-refractivity contribution in [2.24, 2.45) is 0 Å². The molecule has 1 fully saturated rings. The summed E-state index contributed by atoms with van der Waals surface area (Å²) in [6.07, 6.45) is 5.89. The minimum absolute atomic E-state index is 0.425. The van der Waals surface area contributed by atoms with Crippen molar-refractivity contribution in [2.45, 2.75) is 32.0 Å². The predicted octanol–water partition coefficient (Wildman–Crippen LogP) is 1.97. The van der Waals surface area contributed by atoms with Gasteiger partial charge in [0.05, 0.1) is 6.54 Å². The van der Waals surface area contributed by atoms with Crippen LogP contribution in [0.5, 0.6) is 0 Å². The first-order valence-corrected chi connectivity index (χ1v) is 7.67. The SMILES string of the molecule is COCc1ccc(CN[C@H]2CCCN(c3ncccn3)C2)o1. The van der Waals surface area contributed by atoms with Crippen molar-refractivity contribution in [3.63, 3.8) is 0 Å². The van der Waals surface area contributed by atoms with Crippen LogP contribution in [-0.2, 0) is 17.9 Å². The average molecular weight is 302 g/mol. The second kappa shape index (κ2) is 7.38. The van der Waals surface area contributed by atoms with Crippen molar-refractivity contribution in [3.05, 3.63) is 42.1 Å². The van der Waals surface area contributed by atoms with E-state index in [0.717, 1.165) is 49.9 Å². The normalized spacial score (nSPS) is 18.6. The summed E-state index contributed by atoms with van der Waals surface area (Å²) in [6, 6.07) is 6.24. The Bertz CT molecular complexity index is 573. The van der Waals surface area contributed by atoms with Gasteiger partial charge in [0.25, 0.3) is 0 Å². The third-order valence-electron chi connectivity index (χ3n) is 3.83.